The molecule has 6 nitrogen and oxygen atoms in total. The van der Waals surface area contributed by atoms with E-state index in [0.717, 1.165) is 51.6 Å². The number of rotatable bonds is 3. The van der Waals surface area contributed by atoms with Crippen LogP contribution >= 0.6 is 11.6 Å². The van der Waals surface area contributed by atoms with Crippen molar-refractivity contribution < 1.29 is 14.3 Å². The number of halogens is 1. The number of aromatic nitrogens is 1. The van der Waals surface area contributed by atoms with Gasteiger partial charge in [0.2, 0.25) is 5.91 Å². The SMILES string of the molecule is O=C1NCC2(CCCCCOc3ccc(Cl)cc31)CCN(C(=O)CCn1ccc3ccccc31)CC2. The normalized spacial score (nSPS) is 18.6. The van der Waals surface area contributed by atoms with Crippen LogP contribution < -0.4 is 10.1 Å². The van der Waals surface area contributed by atoms with E-state index in [1.165, 1.54) is 10.9 Å². The van der Waals surface area contributed by atoms with Crippen LogP contribution in [0.1, 0.15) is 55.3 Å². The van der Waals surface area contributed by atoms with Crippen LogP contribution in [0.25, 0.3) is 10.9 Å². The summed E-state index contributed by atoms with van der Waals surface area (Å²) in [6.07, 6.45) is 8.57. The van der Waals surface area contributed by atoms with Crippen LogP contribution in [0.3, 0.4) is 0 Å². The van der Waals surface area contributed by atoms with E-state index in [1.807, 2.05) is 17.0 Å². The molecule has 36 heavy (non-hydrogen) atoms. The average molecular weight is 508 g/mol. The summed E-state index contributed by atoms with van der Waals surface area (Å²) in [5.41, 5.74) is 1.67. The number of hydrogen-bond donors (Lipinski definition) is 1. The first-order valence-corrected chi connectivity index (χ1v) is 13.4. The van der Waals surface area contributed by atoms with Gasteiger partial charge in [0.05, 0.1) is 12.2 Å². The third-order valence-corrected chi connectivity index (χ3v) is 8.08. The number of carbonyl (C=O) groups excluding carboxylic acids is 2. The first-order valence-electron chi connectivity index (χ1n) is 13.1. The molecule has 7 heteroatoms. The molecule has 0 unspecified atom stereocenters. The minimum Gasteiger partial charge on any atom is -0.493 e. The van der Waals surface area contributed by atoms with Crippen LogP contribution in [0.5, 0.6) is 5.75 Å². The molecule has 0 radical (unpaired) electrons. The lowest BCUT2D eigenvalue weighted by atomic mass is 9.74. The van der Waals surface area contributed by atoms with Crippen LogP contribution in [0, 0.1) is 5.41 Å². The van der Waals surface area contributed by atoms with Crippen molar-refractivity contribution in [1.82, 2.24) is 14.8 Å². The Morgan fingerprint density at radius 1 is 1.03 bits per heavy atom. The Morgan fingerprint density at radius 2 is 1.86 bits per heavy atom. The van der Waals surface area contributed by atoms with E-state index in [-0.39, 0.29) is 17.2 Å². The van der Waals surface area contributed by atoms with Gasteiger partial charge >= 0.3 is 0 Å². The van der Waals surface area contributed by atoms with Crippen LogP contribution in [0.15, 0.2) is 54.7 Å². The highest BCUT2D eigenvalue weighted by atomic mass is 35.5. The molecule has 0 atom stereocenters. The fraction of sp³-hybridized carbons (Fsp3) is 0.448. The maximum atomic E-state index is 13.0. The summed E-state index contributed by atoms with van der Waals surface area (Å²) in [7, 11) is 0. The maximum Gasteiger partial charge on any atom is 0.255 e. The van der Waals surface area contributed by atoms with Gasteiger partial charge in [-0.2, -0.15) is 0 Å². The lowest BCUT2D eigenvalue weighted by Crippen LogP contribution is -2.48. The van der Waals surface area contributed by atoms with Gasteiger partial charge in [-0.3, -0.25) is 9.59 Å². The second kappa shape index (κ2) is 11.0. The maximum absolute atomic E-state index is 13.0. The molecule has 1 fully saturated rings. The summed E-state index contributed by atoms with van der Waals surface area (Å²) < 4.78 is 8.03. The highest BCUT2D eigenvalue weighted by molar-refractivity contribution is 6.31. The second-order valence-electron chi connectivity index (χ2n) is 10.2. The molecule has 1 saturated heterocycles. The topological polar surface area (TPSA) is 63.6 Å². The van der Waals surface area contributed by atoms with Crippen LogP contribution in [-0.2, 0) is 11.3 Å². The Kier molecular flexibility index (Phi) is 7.51. The van der Waals surface area contributed by atoms with Crippen molar-refractivity contribution in [3.05, 3.63) is 65.3 Å². The van der Waals surface area contributed by atoms with Gasteiger partial charge in [0, 0.05) is 49.3 Å². The van der Waals surface area contributed by atoms with E-state index in [4.69, 9.17) is 16.3 Å². The quantitative estimate of drug-likeness (QED) is 0.496. The number of likely N-dealkylation sites (tertiary alicyclic amines) is 1. The zero-order valence-electron chi connectivity index (χ0n) is 20.7. The number of nitrogens with zero attached hydrogens (tertiary/aromatic N) is 2. The Hall–Kier alpha value is -2.99. The zero-order chi connectivity index (χ0) is 25.0. The number of benzene rings is 2. The molecule has 2 aliphatic rings. The van der Waals surface area contributed by atoms with Crippen molar-refractivity contribution >= 4 is 34.3 Å². The average Bonchev–Trinajstić information content (AvgIpc) is 3.31. The van der Waals surface area contributed by atoms with Gasteiger partial charge in [-0.15, -0.1) is 0 Å². The molecule has 1 spiro atoms. The van der Waals surface area contributed by atoms with E-state index in [0.29, 0.717) is 42.5 Å². The number of amides is 2. The van der Waals surface area contributed by atoms with E-state index in [2.05, 4.69) is 34.3 Å². The van der Waals surface area contributed by atoms with Gasteiger partial charge in [0.25, 0.3) is 5.91 Å². The number of nitrogens with one attached hydrogen (secondary N) is 1. The monoisotopic (exact) mass is 507 g/mol. The first kappa shape index (κ1) is 24.7. The number of piperidine rings is 1. The molecule has 0 saturated carbocycles. The minimum atomic E-state index is -0.148. The van der Waals surface area contributed by atoms with Gasteiger partial charge in [-0.1, -0.05) is 42.6 Å². The summed E-state index contributed by atoms with van der Waals surface area (Å²) in [4.78, 5) is 28.1. The van der Waals surface area contributed by atoms with Crippen molar-refractivity contribution in [1.29, 1.82) is 0 Å². The summed E-state index contributed by atoms with van der Waals surface area (Å²) >= 11 is 6.17. The molecule has 1 N–H and O–H groups in total. The summed E-state index contributed by atoms with van der Waals surface area (Å²) in [6, 6.07) is 15.6. The van der Waals surface area contributed by atoms with Crippen LogP contribution in [0.4, 0.5) is 0 Å². The van der Waals surface area contributed by atoms with Gasteiger partial charge in [0.15, 0.2) is 0 Å². The third kappa shape index (κ3) is 5.54. The van der Waals surface area contributed by atoms with Crippen LogP contribution in [-0.4, -0.2) is 47.5 Å². The van der Waals surface area contributed by atoms with Crippen LogP contribution in [0.2, 0.25) is 5.02 Å². The van der Waals surface area contributed by atoms with Crippen molar-refractivity contribution in [2.75, 3.05) is 26.2 Å². The number of hydrogen-bond acceptors (Lipinski definition) is 3. The summed E-state index contributed by atoms with van der Waals surface area (Å²) in [5.74, 6) is 0.646. The molecular weight excluding hydrogens is 474 g/mol. The van der Waals surface area contributed by atoms with E-state index in [9.17, 15) is 9.59 Å². The molecule has 1 aromatic heterocycles. The molecule has 5 rings (SSSR count). The summed E-state index contributed by atoms with van der Waals surface area (Å²) in [5, 5.41) is 4.89. The molecule has 3 heterocycles. The Morgan fingerprint density at radius 3 is 2.72 bits per heavy atom. The molecule has 190 valence electrons. The summed E-state index contributed by atoms with van der Waals surface area (Å²) in [6.45, 7) is 3.37. The zero-order valence-corrected chi connectivity index (χ0v) is 21.4. The molecule has 2 aromatic carbocycles. The number of aryl methyl sites for hydroxylation is 1. The van der Waals surface area contributed by atoms with Crippen molar-refractivity contribution in [2.45, 2.75) is 51.5 Å². The molecule has 0 aliphatic carbocycles. The van der Waals surface area contributed by atoms with E-state index < -0.39 is 0 Å². The number of ether oxygens (including phenoxy) is 1. The molecular formula is C29H34ClN3O3. The van der Waals surface area contributed by atoms with Crippen molar-refractivity contribution in [2.24, 2.45) is 5.41 Å². The van der Waals surface area contributed by atoms with E-state index >= 15 is 0 Å². The minimum absolute atomic E-state index is 0.0157. The smallest absolute Gasteiger partial charge is 0.255 e. The van der Waals surface area contributed by atoms with Crippen molar-refractivity contribution in [3.63, 3.8) is 0 Å². The lowest BCUT2D eigenvalue weighted by molar-refractivity contribution is -0.133. The lowest BCUT2D eigenvalue weighted by Gasteiger charge is -2.42. The number of para-hydroxylation sites is 1. The fourth-order valence-electron chi connectivity index (χ4n) is 5.58. The number of carbonyl (C=O) groups is 2. The first-order chi connectivity index (χ1) is 17.5. The second-order valence-corrected chi connectivity index (χ2v) is 10.6. The Bertz CT molecular complexity index is 1230. The standard InChI is InChI=1S/C29H34ClN3O3/c30-23-8-9-26-24(20-23)28(35)31-21-29(12-4-1-5-19-36-26)13-17-33(18-14-29)27(34)11-16-32-15-10-22-6-2-3-7-25(22)32/h2-3,6-10,15,20H,1,4-5,11-14,16-19,21H2,(H,31,35). The molecule has 2 amide bonds. The van der Waals surface area contributed by atoms with Gasteiger partial charge in [0.1, 0.15) is 5.75 Å². The Balaban J connectivity index is 1.20. The molecule has 0 bridgehead atoms. The van der Waals surface area contributed by atoms with Gasteiger partial charge in [-0.05, 0) is 66.8 Å². The Labute approximate surface area is 217 Å². The highest BCUT2D eigenvalue weighted by Crippen LogP contribution is 2.37. The fourth-order valence-corrected chi connectivity index (χ4v) is 5.76. The van der Waals surface area contributed by atoms with Gasteiger partial charge < -0.3 is 19.5 Å². The van der Waals surface area contributed by atoms with Crippen molar-refractivity contribution in [3.8, 4) is 5.75 Å². The third-order valence-electron chi connectivity index (χ3n) is 7.84. The highest BCUT2D eigenvalue weighted by Gasteiger charge is 2.36. The van der Waals surface area contributed by atoms with E-state index in [1.54, 1.807) is 18.2 Å². The molecule has 3 aromatic rings. The predicted octanol–water partition coefficient (Wildman–Crippen LogP) is 5.68. The largest absolute Gasteiger partial charge is 0.493 e. The van der Waals surface area contributed by atoms with Gasteiger partial charge in [-0.25, -0.2) is 0 Å². The predicted molar refractivity (Wildman–Crippen MR) is 143 cm³/mol. The molecule has 2 aliphatic heterocycles. The number of fused-ring (bicyclic) bond motifs is 2.